The summed E-state index contributed by atoms with van der Waals surface area (Å²) in [4.78, 5) is 9.63. The van der Waals surface area contributed by atoms with Crippen LogP contribution >= 0.6 is 15.9 Å². The minimum absolute atomic E-state index is 0.692. The molecule has 0 unspecified atom stereocenters. The van der Waals surface area contributed by atoms with Crippen LogP contribution in [-0.2, 0) is 0 Å². The van der Waals surface area contributed by atoms with E-state index in [1.807, 2.05) is 42.6 Å². The van der Waals surface area contributed by atoms with E-state index in [9.17, 15) is 0 Å². The number of nitrogens with zero attached hydrogens (tertiary/aromatic N) is 3. The number of anilines is 2. The molecule has 0 saturated heterocycles. The molecular formula is C22H16BrN5. The van der Waals surface area contributed by atoms with E-state index in [2.05, 4.69) is 62.6 Å². The van der Waals surface area contributed by atoms with Gasteiger partial charge in [0.1, 0.15) is 5.82 Å². The number of aromatic nitrogens is 4. The molecule has 0 amide bonds. The van der Waals surface area contributed by atoms with Crippen molar-refractivity contribution in [2.45, 2.75) is 6.92 Å². The van der Waals surface area contributed by atoms with Gasteiger partial charge in [0.05, 0.1) is 17.2 Å². The lowest BCUT2D eigenvalue weighted by molar-refractivity contribution is 1.12. The highest BCUT2D eigenvalue weighted by atomic mass is 79.9. The van der Waals surface area contributed by atoms with Crippen molar-refractivity contribution in [3.8, 4) is 11.4 Å². The van der Waals surface area contributed by atoms with Gasteiger partial charge in [-0.1, -0.05) is 34.1 Å². The Morgan fingerprint density at radius 1 is 0.929 bits per heavy atom. The van der Waals surface area contributed by atoms with Crippen molar-refractivity contribution in [2.24, 2.45) is 0 Å². The first kappa shape index (κ1) is 16.9. The van der Waals surface area contributed by atoms with Crippen LogP contribution in [0, 0.1) is 6.92 Å². The third-order valence-corrected chi connectivity index (χ3v) is 5.19. The summed E-state index contributed by atoms with van der Waals surface area (Å²) in [6, 6.07) is 20.3. The summed E-state index contributed by atoms with van der Waals surface area (Å²) < 4.78 is 1.03. The van der Waals surface area contributed by atoms with Gasteiger partial charge in [-0.25, -0.2) is 9.97 Å². The maximum absolute atomic E-state index is 4.83. The first-order valence-electron chi connectivity index (χ1n) is 8.90. The van der Waals surface area contributed by atoms with Gasteiger partial charge >= 0.3 is 0 Å². The Balaban J connectivity index is 1.65. The van der Waals surface area contributed by atoms with Gasteiger partial charge < -0.3 is 5.32 Å². The van der Waals surface area contributed by atoms with Crippen LogP contribution in [0.1, 0.15) is 5.56 Å². The molecule has 0 atom stereocenters. The molecule has 0 spiro atoms. The van der Waals surface area contributed by atoms with Gasteiger partial charge in [-0.05, 0) is 55.0 Å². The van der Waals surface area contributed by atoms with E-state index in [-0.39, 0.29) is 0 Å². The highest BCUT2D eigenvalue weighted by molar-refractivity contribution is 9.10. The van der Waals surface area contributed by atoms with Crippen LogP contribution < -0.4 is 5.32 Å². The molecule has 28 heavy (non-hydrogen) atoms. The molecule has 5 aromatic rings. The molecule has 0 bridgehead atoms. The van der Waals surface area contributed by atoms with Crippen molar-refractivity contribution in [3.63, 3.8) is 0 Å². The molecule has 5 nitrogen and oxygen atoms in total. The predicted octanol–water partition coefficient (Wildman–Crippen LogP) is 5.99. The van der Waals surface area contributed by atoms with E-state index in [1.165, 1.54) is 5.56 Å². The SMILES string of the molecule is Cc1ccc2c(Nc3ccc4[nH]ncc4c3)nc(-c3ccc(Br)cc3)nc2c1. The average Bonchev–Trinajstić information content (AvgIpc) is 3.16. The molecule has 5 rings (SSSR count). The number of benzene rings is 3. The first-order valence-corrected chi connectivity index (χ1v) is 9.69. The molecule has 0 saturated carbocycles. The van der Waals surface area contributed by atoms with Crippen molar-refractivity contribution in [1.29, 1.82) is 0 Å². The number of H-pyrrole nitrogens is 1. The fraction of sp³-hybridized carbons (Fsp3) is 0.0455. The standard InChI is InChI=1S/C22H16BrN5/c1-13-2-8-18-20(10-13)26-21(14-3-5-16(23)6-4-14)27-22(18)25-17-7-9-19-15(11-17)12-24-28-19/h2-12H,1H3,(H,24,28)(H,25,26,27). The molecule has 3 aromatic carbocycles. The second kappa shape index (κ2) is 6.73. The Morgan fingerprint density at radius 3 is 2.64 bits per heavy atom. The zero-order valence-corrected chi connectivity index (χ0v) is 16.7. The zero-order chi connectivity index (χ0) is 19.1. The molecule has 2 N–H and O–H groups in total. The van der Waals surface area contributed by atoms with Crippen LogP contribution in [0.2, 0.25) is 0 Å². The largest absolute Gasteiger partial charge is 0.340 e. The van der Waals surface area contributed by atoms with E-state index >= 15 is 0 Å². The molecule has 0 radical (unpaired) electrons. The summed E-state index contributed by atoms with van der Waals surface area (Å²) in [6.07, 6.45) is 1.81. The first-order chi connectivity index (χ1) is 13.7. The maximum Gasteiger partial charge on any atom is 0.162 e. The highest BCUT2D eigenvalue weighted by Crippen LogP contribution is 2.29. The van der Waals surface area contributed by atoms with E-state index in [0.29, 0.717) is 5.82 Å². The number of halogens is 1. The van der Waals surface area contributed by atoms with Gasteiger partial charge in [0.2, 0.25) is 0 Å². The van der Waals surface area contributed by atoms with Crippen molar-refractivity contribution in [3.05, 3.63) is 76.9 Å². The van der Waals surface area contributed by atoms with Crippen LogP contribution in [0.3, 0.4) is 0 Å². The summed E-state index contributed by atoms with van der Waals surface area (Å²) in [5, 5.41) is 12.6. The van der Waals surface area contributed by atoms with Crippen LogP contribution in [0.25, 0.3) is 33.2 Å². The van der Waals surface area contributed by atoms with Gasteiger partial charge in [-0.3, -0.25) is 5.10 Å². The van der Waals surface area contributed by atoms with Gasteiger partial charge in [0.25, 0.3) is 0 Å². The van der Waals surface area contributed by atoms with E-state index in [1.54, 1.807) is 0 Å². The summed E-state index contributed by atoms with van der Waals surface area (Å²) in [5.74, 6) is 1.48. The van der Waals surface area contributed by atoms with E-state index < -0.39 is 0 Å². The lowest BCUT2D eigenvalue weighted by atomic mass is 10.1. The number of aromatic amines is 1. The Bertz CT molecular complexity index is 1310. The minimum Gasteiger partial charge on any atom is -0.340 e. The minimum atomic E-state index is 0.692. The molecule has 2 aromatic heterocycles. The number of aryl methyl sites for hydroxylation is 1. The Labute approximate surface area is 170 Å². The number of hydrogen-bond donors (Lipinski definition) is 2. The van der Waals surface area contributed by atoms with Gasteiger partial charge in [-0.2, -0.15) is 5.10 Å². The topological polar surface area (TPSA) is 66.5 Å². The van der Waals surface area contributed by atoms with Crippen molar-refractivity contribution < 1.29 is 0 Å². The van der Waals surface area contributed by atoms with E-state index in [4.69, 9.17) is 9.97 Å². The predicted molar refractivity (Wildman–Crippen MR) is 117 cm³/mol. The monoisotopic (exact) mass is 429 g/mol. The Morgan fingerprint density at radius 2 is 1.79 bits per heavy atom. The Kier molecular flexibility index (Phi) is 4.06. The Hall–Kier alpha value is -3.25. The lowest BCUT2D eigenvalue weighted by Gasteiger charge is -2.12. The molecule has 0 aliphatic rings. The molecule has 2 heterocycles. The highest BCUT2D eigenvalue weighted by Gasteiger charge is 2.11. The summed E-state index contributed by atoms with van der Waals surface area (Å²) >= 11 is 3.48. The van der Waals surface area contributed by atoms with Crippen LogP contribution in [0.4, 0.5) is 11.5 Å². The maximum atomic E-state index is 4.83. The molecular weight excluding hydrogens is 414 g/mol. The van der Waals surface area contributed by atoms with Crippen molar-refractivity contribution in [1.82, 2.24) is 20.2 Å². The van der Waals surface area contributed by atoms with Crippen LogP contribution in [0.5, 0.6) is 0 Å². The van der Waals surface area contributed by atoms with Crippen molar-refractivity contribution in [2.75, 3.05) is 5.32 Å². The molecule has 0 aliphatic carbocycles. The van der Waals surface area contributed by atoms with E-state index in [0.717, 1.165) is 43.3 Å². The zero-order valence-electron chi connectivity index (χ0n) is 15.1. The second-order valence-corrected chi connectivity index (χ2v) is 7.64. The van der Waals surface area contributed by atoms with Crippen LogP contribution in [-0.4, -0.2) is 20.2 Å². The molecule has 0 aliphatic heterocycles. The normalized spacial score (nSPS) is 11.2. The number of hydrogen-bond acceptors (Lipinski definition) is 4. The lowest BCUT2D eigenvalue weighted by Crippen LogP contribution is -1.99. The van der Waals surface area contributed by atoms with Gasteiger partial charge in [0, 0.05) is 26.5 Å². The molecule has 136 valence electrons. The fourth-order valence-electron chi connectivity index (χ4n) is 3.22. The summed E-state index contributed by atoms with van der Waals surface area (Å²) in [6.45, 7) is 2.07. The quantitative estimate of drug-likeness (QED) is 0.369. The molecule has 6 heteroatoms. The van der Waals surface area contributed by atoms with Crippen LogP contribution in [0.15, 0.2) is 71.3 Å². The van der Waals surface area contributed by atoms with Crippen molar-refractivity contribution >= 4 is 49.2 Å². The third kappa shape index (κ3) is 3.12. The third-order valence-electron chi connectivity index (χ3n) is 4.66. The summed E-state index contributed by atoms with van der Waals surface area (Å²) in [5.41, 5.74) is 5.01. The molecule has 0 fully saturated rings. The summed E-state index contributed by atoms with van der Waals surface area (Å²) in [7, 11) is 0. The fourth-order valence-corrected chi connectivity index (χ4v) is 3.48. The smallest absolute Gasteiger partial charge is 0.162 e. The number of rotatable bonds is 3. The number of nitrogens with one attached hydrogen (secondary N) is 2. The second-order valence-electron chi connectivity index (χ2n) is 6.72. The number of fused-ring (bicyclic) bond motifs is 2. The van der Waals surface area contributed by atoms with Gasteiger partial charge in [-0.15, -0.1) is 0 Å². The average molecular weight is 430 g/mol. The van der Waals surface area contributed by atoms with Gasteiger partial charge in [0.15, 0.2) is 5.82 Å².